The van der Waals surface area contributed by atoms with Crippen molar-refractivity contribution in [3.63, 3.8) is 0 Å². The third-order valence-electron chi connectivity index (χ3n) is 6.53. The first-order valence-corrected chi connectivity index (χ1v) is 12.0. The highest BCUT2D eigenvalue weighted by molar-refractivity contribution is 5.93. The van der Waals surface area contributed by atoms with Crippen LogP contribution in [0.2, 0.25) is 0 Å². The van der Waals surface area contributed by atoms with Crippen LogP contribution in [0.4, 0.5) is 0 Å². The van der Waals surface area contributed by atoms with Crippen LogP contribution >= 0.6 is 0 Å². The normalized spacial score (nSPS) is 15.9. The van der Waals surface area contributed by atoms with Gasteiger partial charge in [0.2, 0.25) is 0 Å². The molecular formula is C28H34N2O4. The zero-order chi connectivity index (χ0) is 24.3. The molecule has 180 valence electrons. The highest BCUT2D eigenvalue weighted by Gasteiger charge is 2.25. The highest BCUT2D eigenvalue weighted by atomic mass is 16.5. The Labute approximate surface area is 200 Å². The van der Waals surface area contributed by atoms with Crippen LogP contribution < -0.4 is 10.7 Å². The van der Waals surface area contributed by atoms with E-state index >= 15 is 0 Å². The molecule has 1 atom stereocenters. The van der Waals surface area contributed by atoms with Gasteiger partial charge < -0.3 is 14.5 Å². The molecular weight excluding hydrogens is 428 g/mol. The summed E-state index contributed by atoms with van der Waals surface area (Å²) in [5.74, 6) is -0.353. The van der Waals surface area contributed by atoms with Crippen molar-refractivity contribution in [1.29, 1.82) is 0 Å². The first-order valence-electron chi connectivity index (χ1n) is 12.0. The highest BCUT2D eigenvalue weighted by Crippen LogP contribution is 2.27. The summed E-state index contributed by atoms with van der Waals surface area (Å²) in [5, 5.41) is 3.50. The number of aryl methyl sites for hydroxylation is 1. The molecule has 0 bridgehead atoms. The van der Waals surface area contributed by atoms with Gasteiger partial charge in [0.1, 0.15) is 5.58 Å². The van der Waals surface area contributed by atoms with Crippen molar-refractivity contribution in [3.05, 3.63) is 81.2 Å². The molecule has 34 heavy (non-hydrogen) atoms. The Balaban J connectivity index is 1.55. The van der Waals surface area contributed by atoms with Gasteiger partial charge in [0.15, 0.2) is 11.2 Å². The minimum atomic E-state index is -0.386. The van der Waals surface area contributed by atoms with Crippen LogP contribution in [0.5, 0.6) is 0 Å². The van der Waals surface area contributed by atoms with E-state index in [1.165, 1.54) is 11.6 Å². The lowest BCUT2D eigenvalue weighted by atomic mass is 9.86. The number of fused-ring (bicyclic) bond motifs is 1. The minimum absolute atomic E-state index is 0.00107. The molecule has 1 fully saturated rings. The van der Waals surface area contributed by atoms with Gasteiger partial charge in [-0.25, -0.2) is 0 Å². The second-order valence-electron chi connectivity index (χ2n) is 9.91. The maximum atomic E-state index is 13.0. The van der Waals surface area contributed by atoms with Crippen LogP contribution in [-0.2, 0) is 16.6 Å². The summed E-state index contributed by atoms with van der Waals surface area (Å²) in [6.45, 7) is 12.0. The predicted molar refractivity (Wildman–Crippen MR) is 134 cm³/mol. The lowest BCUT2D eigenvalue weighted by Gasteiger charge is -2.35. The zero-order valence-electron chi connectivity index (χ0n) is 20.5. The Hall–Kier alpha value is -2.96. The molecule has 6 heteroatoms. The van der Waals surface area contributed by atoms with Gasteiger partial charge in [-0.2, -0.15) is 0 Å². The van der Waals surface area contributed by atoms with Crippen molar-refractivity contribution in [2.45, 2.75) is 45.6 Å². The Bertz CT molecular complexity index is 1200. The number of nitrogens with zero attached hydrogens (tertiary/aromatic N) is 1. The van der Waals surface area contributed by atoms with Crippen LogP contribution in [0, 0.1) is 0 Å². The van der Waals surface area contributed by atoms with Crippen molar-refractivity contribution in [2.75, 3.05) is 32.8 Å². The fraction of sp³-hybridized carbons (Fsp3) is 0.429. The fourth-order valence-electron chi connectivity index (χ4n) is 4.36. The SMILES string of the molecule is CCc1ccc2oc(C(=O)NCC(c3ccc(C(C)(C)C)cc3)N3CCOCC3)cc(=O)c2c1. The summed E-state index contributed by atoms with van der Waals surface area (Å²) in [6, 6.07) is 15.4. The first-order chi connectivity index (χ1) is 16.3. The molecule has 6 nitrogen and oxygen atoms in total. The van der Waals surface area contributed by atoms with E-state index in [2.05, 4.69) is 55.3 Å². The molecule has 1 amide bonds. The van der Waals surface area contributed by atoms with Crippen molar-refractivity contribution in [2.24, 2.45) is 0 Å². The Morgan fingerprint density at radius 1 is 1.06 bits per heavy atom. The van der Waals surface area contributed by atoms with Gasteiger partial charge >= 0.3 is 0 Å². The number of amides is 1. The molecule has 1 aromatic heterocycles. The monoisotopic (exact) mass is 462 g/mol. The quantitative estimate of drug-likeness (QED) is 0.586. The molecule has 1 aliphatic heterocycles. The Morgan fingerprint density at radius 2 is 1.76 bits per heavy atom. The smallest absolute Gasteiger partial charge is 0.287 e. The van der Waals surface area contributed by atoms with E-state index in [0.717, 1.165) is 30.6 Å². The number of ether oxygens (including phenoxy) is 1. The molecule has 0 aliphatic carbocycles. The molecule has 1 aliphatic rings. The zero-order valence-corrected chi connectivity index (χ0v) is 20.5. The summed E-state index contributed by atoms with van der Waals surface area (Å²) in [5.41, 5.74) is 3.77. The fourth-order valence-corrected chi connectivity index (χ4v) is 4.36. The van der Waals surface area contributed by atoms with Gasteiger partial charge in [0.25, 0.3) is 5.91 Å². The molecule has 0 saturated carbocycles. The number of rotatable bonds is 6. The average molecular weight is 463 g/mol. The molecule has 2 heterocycles. The third kappa shape index (κ3) is 5.40. The third-order valence-corrected chi connectivity index (χ3v) is 6.53. The van der Waals surface area contributed by atoms with Crippen LogP contribution in [0.1, 0.15) is 61.0 Å². The maximum Gasteiger partial charge on any atom is 0.287 e. The molecule has 2 aromatic carbocycles. The molecule has 4 rings (SSSR count). The molecule has 1 N–H and O–H groups in total. The van der Waals surface area contributed by atoms with E-state index in [-0.39, 0.29) is 28.6 Å². The van der Waals surface area contributed by atoms with Crippen molar-refractivity contribution < 1.29 is 13.9 Å². The number of hydrogen-bond acceptors (Lipinski definition) is 5. The Morgan fingerprint density at radius 3 is 2.41 bits per heavy atom. The predicted octanol–water partition coefficient (Wildman–Crippen LogP) is 4.46. The molecule has 1 saturated heterocycles. The molecule has 3 aromatic rings. The standard InChI is InChI=1S/C28H34N2O4/c1-5-19-6-11-25-22(16-19)24(31)17-26(34-25)27(32)29-18-23(30-12-14-33-15-13-30)20-7-9-21(10-8-20)28(2,3)4/h6-11,16-17,23H,5,12-15,18H2,1-4H3,(H,29,32). The van der Waals surface area contributed by atoms with Crippen molar-refractivity contribution in [3.8, 4) is 0 Å². The second-order valence-corrected chi connectivity index (χ2v) is 9.91. The van der Waals surface area contributed by atoms with E-state index in [1.807, 2.05) is 19.1 Å². The molecule has 0 spiro atoms. The van der Waals surface area contributed by atoms with Gasteiger partial charge in [-0.05, 0) is 40.7 Å². The van der Waals surface area contributed by atoms with Crippen molar-refractivity contribution >= 4 is 16.9 Å². The van der Waals surface area contributed by atoms with E-state index in [4.69, 9.17) is 9.15 Å². The van der Waals surface area contributed by atoms with Gasteiger partial charge in [0.05, 0.1) is 24.6 Å². The number of morpholine rings is 1. The summed E-state index contributed by atoms with van der Waals surface area (Å²) >= 11 is 0. The molecule has 0 radical (unpaired) electrons. The summed E-state index contributed by atoms with van der Waals surface area (Å²) in [4.78, 5) is 27.9. The van der Waals surface area contributed by atoms with E-state index < -0.39 is 0 Å². The molecule has 1 unspecified atom stereocenters. The van der Waals surface area contributed by atoms with E-state index in [1.54, 1.807) is 6.07 Å². The van der Waals surface area contributed by atoms with E-state index in [0.29, 0.717) is 30.7 Å². The minimum Gasteiger partial charge on any atom is -0.451 e. The number of benzene rings is 2. The average Bonchev–Trinajstić information content (AvgIpc) is 2.84. The number of carbonyl (C=O) groups excluding carboxylic acids is 1. The topological polar surface area (TPSA) is 71.8 Å². The summed E-state index contributed by atoms with van der Waals surface area (Å²) < 4.78 is 11.3. The first kappa shape index (κ1) is 24.2. The maximum absolute atomic E-state index is 13.0. The summed E-state index contributed by atoms with van der Waals surface area (Å²) in [6.07, 6.45) is 0.831. The lowest BCUT2D eigenvalue weighted by Crippen LogP contribution is -2.43. The van der Waals surface area contributed by atoms with Crippen LogP contribution in [0.25, 0.3) is 11.0 Å². The van der Waals surface area contributed by atoms with Crippen LogP contribution in [0.3, 0.4) is 0 Å². The lowest BCUT2D eigenvalue weighted by molar-refractivity contribution is 0.0161. The second kappa shape index (κ2) is 10.1. The van der Waals surface area contributed by atoms with Gasteiger partial charge in [-0.1, -0.05) is 58.0 Å². The number of hydrogen-bond donors (Lipinski definition) is 1. The van der Waals surface area contributed by atoms with Crippen molar-refractivity contribution in [1.82, 2.24) is 10.2 Å². The number of carbonyl (C=O) groups is 1. The van der Waals surface area contributed by atoms with Gasteiger partial charge in [-0.15, -0.1) is 0 Å². The van der Waals surface area contributed by atoms with E-state index in [9.17, 15) is 9.59 Å². The van der Waals surface area contributed by atoms with Crippen LogP contribution in [0.15, 0.2) is 57.7 Å². The van der Waals surface area contributed by atoms with Gasteiger partial charge in [0, 0.05) is 25.7 Å². The summed E-state index contributed by atoms with van der Waals surface area (Å²) in [7, 11) is 0. The van der Waals surface area contributed by atoms with Crippen LogP contribution in [-0.4, -0.2) is 43.7 Å². The number of nitrogens with one attached hydrogen (secondary N) is 1. The van der Waals surface area contributed by atoms with Gasteiger partial charge in [-0.3, -0.25) is 14.5 Å². The Kier molecular flexibility index (Phi) is 7.19. The largest absolute Gasteiger partial charge is 0.451 e.